The fraction of sp³-hybridized carbons (Fsp3) is 0. The quantitative estimate of drug-likeness (QED) is 0.849. The molecule has 4 nitrogen and oxygen atoms in total. The van der Waals surface area contributed by atoms with Gasteiger partial charge in [-0.2, -0.15) is 0 Å². The summed E-state index contributed by atoms with van der Waals surface area (Å²) in [5.41, 5.74) is 0.325. The maximum absolute atomic E-state index is 12.0. The molecule has 8 heteroatoms. The van der Waals surface area contributed by atoms with Crippen LogP contribution in [0, 0.1) is 0 Å². The first-order chi connectivity index (χ1) is 8.38. The topological polar surface area (TPSA) is 66.4 Å². The molecule has 0 aliphatic heterocycles. The molecule has 0 bridgehead atoms. The van der Waals surface area contributed by atoms with Crippen molar-refractivity contribution >= 4 is 50.2 Å². The van der Waals surface area contributed by atoms with Gasteiger partial charge in [0.25, 0.3) is 10.0 Å². The monoisotopic (exact) mass is 323 g/mol. The number of aromatic hydroxyl groups is 1. The van der Waals surface area contributed by atoms with Gasteiger partial charge in [-0.05, 0) is 30.3 Å². The van der Waals surface area contributed by atoms with Crippen LogP contribution in [0.4, 0.5) is 5.69 Å². The summed E-state index contributed by atoms with van der Waals surface area (Å²) in [6, 6.07) is 6.92. The molecule has 18 heavy (non-hydrogen) atoms. The summed E-state index contributed by atoms with van der Waals surface area (Å²) < 4.78 is 26.8. The Morgan fingerprint density at radius 3 is 2.28 bits per heavy atom. The molecule has 0 saturated heterocycles. The van der Waals surface area contributed by atoms with E-state index >= 15 is 0 Å². The lowest BCUT2D eigenvalue weighted by molar-refractivity contribution is 0.475. The first kappa shape index (κ1) is 13.5. The number of anilines is 1. The molecule has 0 aliphatic rings. The number of nitrogens with one attached hydrogen (secondary N) is 1. The fourth-order valence-corrected chi connectivity index (χ4v) is 4.46. The summed E-state index contributed by atoms with van der Waals surface area (Å²) in [5.74, 6) is 0.0505. The van der Waals surface area contributed by atoms with Crippen molar-refractivity contribution in [2.24, 2.45) is 0 Å². The Bertz CT molecular complexity index is 665. The lowest BCUT2D eigenvalue weighted by atomic mass is 10.3. The number of hydrogen-bond acceptors (Lipinski definition) is 4. The summed E-state index contributed by atoms with van der Waals surface area (Å²) in [5, 5.41) is 9.11. The third-order valence-corrected chi connectivity index (χ3v) is 5.17. The molecule has 1 aromatic heterocycles. The van der Waals surface area contributed by atoms with Crippen LogP contribution in [0.15, 0.2) is 35.2 Å². The predicted molar refractivity (Wildman–Crippen MR) is 73.3 cm³/mol. The molecule has 0 aliphatic carbocycles. The molecule has 0 unspecified atom stereocenters. The lowest BCUT2D eigenvalue weighted by Crippen LogP contribution is -2.12. The van der Waals surface area contributed by atoms with Gasteiger partial charge >= 0.3 is 0 Å². The maximum Gasteiger partial charge on any atom is 0.264 e. The molecule has 96 valence electrons. The largest absolute Gasteiger partial charge is 0.508 e. The number of phenols is 1. The average Bonchev–Trinajstić information content (AvgIpc) is 2.62. The number of hydrogen-bond donors (Lipinski definition) is 2. The van der Waals surface area contributed by atoms with Crippen LogP contribution in [0.3, 0.4) is 0 Å². The second-order valence-corrected chi connectivity index (χ2v) is 7.28. The normalized spacial score (nSPS) is 11.4. The van der Waals surface area contributed by atoms with Crippen molar-refractivity contribution in [3.63, 3.8) is 0 Å². The summed E-state index contributed by atoms with van der Waals surface area (Å²) in [6.07, 6.45) is 0. The van der Waals surface area contributed by atoms with E-state index in [0.29, 0.717) is 10.0 Å². The van der Waals surface area contributed by atoms with Crippen LogP contribution in [-0.4, -0.2) is 13.5 Å². The minimum Gasteiger partial charge on any atom is -0.508 e. The first-order valence-corrected chi connectivity index (χ1v) is 7.71. The SMILES string of the molecule is O=S(=O)(Nc1ccc(O)cc1)c1cc(Cl)sc1Cl. The second-order valence-electron chi connectivity index (χ2n) is 3.34. The zero-order chi connectivity index (χ0) is 13.3. The molecule has 1 heterocycles. The molecule has 0 spiro atoms. The average molecular weight is 324 g/mol. The van der Waals surface area contributed by atoms with Crippen LogP contribution in [0.2, 0.25) is 8.67 Å². The van der Waals surface area contributed by atoms with E-state index in [4.69, 9.17) is 28.3 Å². The molecule has 0 saturated carbocycles. The van der Waals surface area contributed by atoms with Gasteiger partial charge in [-0.15, -0.1) is 11.3 Å². The third kappa shape index (κ3) is 2.89. The Balaban J connectivity index is 2.33. The van der Waals surface area contributed by atoms with E-state index in [0.717, 1.165) is 11.3 Å². The Hall–Kier alpha value is -0.950. The van der Waals surface area contributed by atoms with Crippen LogP contribution < -0.4 is 4.72 Å². The summed E-state index contributed by atoms with van der Waals surface area (Å²) in [7, 11) is -3.77. The van der Waals surface area contributed by atoms with Crippen molar-refractivity contribution in [3.8, 4) is 5.75 Å². The Morgan fingerprint density at radius 1 is 1.17 bits per heavy atom. The highest BCUT2D eigenvalue weighted by Crippen LogP contribution is 2.35. The highest BCUT2D eigenvalue weighted by molar-refractivity contribution is 7.93. The lowest BCUT2D eigenvalue weighted by Gasteiger charge is -2.06. The smallest absolute Gasteiger partial charge is 0.264 e. The highest BCUT2D eigenvalue weighted by atomic mass is 35.5. The van der Waals surface area contributed by atoms with Crippen molar-refractivity contribution in [1.29, 1.82) is 0 Å². The summed E-state index contributed by atoms with van der Waals surface area (Å²) >= 11 is 12.5. The van der Waals surface area contributed by atoms with Crippen LogP contribution >= 0.6 is 34.5 Å². The van der Waals surface area contributed by atoms with Crippen LogP contribution in [-0.2, 0) is 10.0 Å². The third-order valence-electron chi connectivity index (χ3n) is 2.03. The van der Waals surface area contributed by atoms with Gasteiger partial charge in [0, 0.05) is 5.69 Å². The van der Waals surface area contributed by atoms with Gasteiger partial charge < -0.3 is 5.11 Å². The van der Waals surface area contributed by atoms with E-state index < -0.39 is 10.0 Å². The van der Waals surface area contributed by atoms with Crippen molar-refractivity contribution in [2.45, 2.75) is 4.90 Å². The summed E-state index contributed by atoms with van der Waals surface area (Å²) in [4.78, 5) is -0.0627. The Morgan fingerprint density at radius 2 is 1.78 bits per heavy atom. The van der Waals surface area contributed by atoms with E-state index in [1.807, 2.05) is 0 Å². The molecule has 0 amide bonds. The van der Waals surface area contributed by atoms with Crippen molar-refractivity contribution in [1.82, 2.24) is 0 Å². The second kappa shape index (κ2) is 4.97. The van der Waals surface area contributed by atoms with Gasteiger partial charge in [0.1, 0.15) is 15.0 Å². The molecular formula is C10H7Cl2NO3S2. The van der Waals surface area contributed by atoms with Gasteiger partial charge in [0.2, 0.25) is 0 Å². The predicted octanol–water partition coefficient (Wildman–Crippen LogP) is 3.56. The van der Waals surface area contributed by atoms with Gasteiger partial charge in [-0.25, -0.2) is 8.42 Å². The molecule has 1 aromatic carbocycles. The molecular weight excluding hydrogens is 317 g/mol. The van der Waals surface area contributed by atoms with Crippen LogP contribution in [0.5, 0.6) is 5.75 Å². The molecule has 0 radical (unpaired) electrons. The number of phenolic OH excluding ortho intramolecular Hbond substituents is 1. The molecule has 2 N–H and O–H groups in total. The first-order valence-electron chi connectivity index (χ1n) is 4.65. The zero-order valence-corrected chi connectivity index (χ0v) is 11.9. The number of thiophene rings is 1. The van der Waals surface area contributed by atoms with Gasteiger partial charge in [0.15, 0.2) is 0 Å². The fourth-order valence-electron chi connectivity index (χ4n) is 1.25. The highest BCUT2D eigenvalue weighted by Gasteiger charge is 2.20. The number of benzene rings is 1. The van der Waals surface area contributed by atoms with E-state index in [9.17, 15) is 8.42 Å². The molecule has 2 rings (SSSR count). The van der Waals surface area contributed by atoms with Gasteiger partial charge in [-0.3, -0.25) is 4.72 Å². The van der Waals surface area contributed by atoms with Crippen molar-refractivity contribution in [2.75, 3.05) is 4.72 Å². The van der Waals surface area contributed by atoms with E-state index in [2.05, 4.69) is 4.72 Å². The molecule has 2 aromatic rings. The number of rotatable bonds is 3. The Kier molecular flexibility index (Phi) is 3.72. The number of halogens is 2. The van der Waals surface area contributed by atoms with E-state index in [-0.39, 0.29) is 15.0 Å². The van der Waals surface area contributed by atoms with Gasteiger partial charge in [0.05, 0.1) is 4.34 Å². The Labute approximate surface area is 118 Å². The molecule has 0 atom stereocenters. The maximum atomic E-state index is 12.0. The van der Waals surface area contributed by atoms with Crippen molar-refractivity contribution in [3.05, 3.63) is 39.0 Å². The minimum absolute atomic E-state index is 0.0505. The molecule has 0 fully saturated rings. The number of sulfonamides is 1. The zero-order valence-electron chi connectivity index (χ0n) is 8.72. The van der Waals surface area contributed by atoms with Crippen molar-refractivity contribution < 1.29 is 13.5 Å². The standard InChI is InChI=1S/C10H7Cl2NO3S2/c11-9-5-8(10(12)17-9)18(15,16)13-6-1-3-7(14)4-2-6/h1-5,13-14H. The summed E-state index contributed by atoms with van der Waals surface area (Å²) in [6.45, 7) is 0. The van der Waals surface area contributed by atoms with E-state index in [1.165, 1.54) is 30.3 Å². The van der Waals surface area contributed by atoms with Crippen LogP contribution in [0.25, 0.3) is 0 Å². The van der Waals surface area contributed by atoms with Crippen LogP contribution in [0.1, 0.15) is 0 Å². The van der Waals surface area contributed by atoms with E-state index in [1.54, 1.807) is 0 Å². The minimum atomic E-state index is -3.77. The van der Waals surface area contributed by atoms with Gasteiger partial charge in [-0.1, -0.05) is 23.2 Å².